The lowest BCUT2D eigenvalue weighted by atomic mass is 10.2. The Kier molecular flexibility index (Phi) is 3.95. The molecule has 1 aromatic rings. The van der Waals surface area contributed by atoms with Crippen LogP contribution in [0.5, 0.6) is 0 Å². The first-order chi connectivity index (χ1) is 5.93. The molecule has 0 heterocycles. The number of hydrogen-bond acceptors (Lipinski definition) is 2. The fourth-order valence-corrected chi connectivity index (χ4v) is 0.924. The Morgan fingerprint density at radius 2 is 2.00 bits per heavy atom. The lowest BCUT2D eigenvalue weighted by Crippen LogP contribution is -2.05. The normalized spacial score (nSPS) is 10.4. The van der Waals surface area contributed by atoms with E-state index in [0.29, 0.717) is 6.54 Å². The zero-order valence-electron chi connectivity index (χ0n) is 7.03. The minimum Gasteiger partial charge on any atom is -0.387 e. The Morgan fingerprint density at radius 3 is 2.67 bits per heavy atom. The molecule has 0 spiro atoms. The molecule has 0 radical (unpaired) electrons. The van der Waals surface area contributed by atoms with Crippen LogP contribution < -0.4 is 11.1 Å². The molecule has 0 amide bonds. The van der Waals surface area contributed by atoms with Crippen molar-refractivity contribution in [2.24, 2.45) is 5.73 Å². The van der Waals surface area contributed by atoms with E-state index in [2.05, 4.69) is 17.4 Å². The van der Waals surface area contributed by atoms with Crippen molar-refractivity contribution >= 4 is 0 Å². The van der Waals surface area contributed by atoms with Crippen molar-refractivity contribution in [1.82, 2.24) is 5.32 Å². The van der Waals surface area contributed by atoms with Crippen LogP contribution in [-0.2, 0) is 6.54 Å². The number of nitrogens with one attached hydrogen (secondary N) is 1. The SMILES string of the molecule is NCC=CNCc1ccccc1. The van der Waals surface area contributed by atoms with Crippen molar-refractivity contribution in [3.05, 3.63) is 48.2 Å². The summed E-state index contributed by atoms with van der Waals surface area (Å²) in [7, 11) is 0. The van der Waals surface area contributed by atoms with Crippen molar-refractivity contribution in [3.8, 4) is 0 Å². The zero-order chi connectivity index (χ0) is 8.65. The van der Waals surface area contributed by atoms with Gasteiger partial charge < -0.3 is 11.1 Å². The molecular formula is C10H14N2. The number of nitrogens with two attached hydrogens (primary N) is 1. The number of hydrogen-bond donors (Lipinski definition) is 2. The highest BCUT2D eigenvalue weighted by molar-refractivity contribution is 5.14. The third kappa shape index (κ3) is 3.21. The standard InChI is InChI=1S/C10H14N2/c11-7-4-8-12-9-10-5-2-1-3-6-10/h1-6,8,12H,7,9,11H2. The van der Waals surface area contributed by atoms with Gasteiger partial charge in [-0.2, -0.15) is 0 Å². The van der Waals surface area contributed by atoms with Crippen molar-refractivity contribution in [3.63, 3.8) is 0 Å². The average molecular weight is 162 g/mol. The van der Waals surface area contributed by atoms with Crippen LogP contribution in [0, 0.1) is 0 Å². The molecule has 1 rings (SSSR count). The maximum absolute atomic E-state index is 5.28. The molecule has 0 saturated carbocycles. The largest absolute Gasteiger partial charge is 0.387 e. The maximum atomic E-state index is 5.28. The van der Waals surface area contributed by atoms with Crippen LogP contribution in [0.4, 0.5) is 0 Å². The zero-order valence-corrected chi connectivity index (χ0v) is 7.03. The van der Waals surface area contributed by atoms with Gasteiger partial charge in [-0.25, -0.2) is 0 Å². The highest BCUT2D eigenvalue weighted by Gasteiger charge is 1.85. The van der Waals surface area contributed by atoms with Crippen molar-refractivity contribution < 1.29 is 0 Å². The van der Waals surface area contributed by atoms with Gasteiger partial charge >= 0.3 is 0 Å². The Bertz CT molecular complexity index is 229. The average Bonchev–Trinajstić information content (AvgIpc) is 2.14. The molecule has 0 aromatic heterocycles. The second kappa shape index (κ2) is 5.38. The van der Waals surface area contributed by atoms with E-state index in [1.807, 2.05) is 30.5 Å². The van der Waals surface area contributed by atoms with Gasteiger partial charge in [-0.3, -0.25) is 0 Å². The van der Waals surface area contributed by atoms with Crippen LogP contribution in [0.2, 0.25) is 0 Å². The molecule has 0 aliphatic carbocycles. The van der Waals surface area contributed by atoms with Crippen molar-refractivity contribution in [2.45, 2.75) is 6.54 Å². The van der Waals surface area contributed by atoms with E-state index < -0.39 is 0 Å². The molecule has 0 saturated heterocycles. The molecule has 1 aromatic carbocycles. The van der Waals surface area contributed by atoms with Gasteiger partial charge in [0.1, 0.15) is 0 Å². The Morgan fingerprint density at radius 1 is 1.25 bits per heavy atom. The molecule has 0 fully saturated rings. The van der Waals surface area contributed by atoms with E-state index in [1.54, 1.807) is 0 Å². The van der Waals surface area contributed by atoms with E-state index in [4.69, 9.17) is 5.73 Å². The lowest BCUT2D eigenvalue weighted by molar-refractivity contribution is 0.866. The molecule has 3 N–H and O–H groups in total. The fraction of sp³-hybridized carbons (Fsp3) is 0.200. The van der Waals surface area contributed by atoms with Gasteiger partial charge in [-0.05, 0) is 11.8 Å². The quantitative estimate of drug-likeness (QED) is 0.699. The molecule has 0 atom stereocenters. The summed E-state index contributed by atoms with van der Waals surface area (Å²) in [4.78, 5) is 0. The van der Waals surface area contributed by atoms with Gasteiger partial charge in [0.2, 0.25) is 0 Å². The van der Waals surface area contributed by atoms with Crippen LogP contribution >= 0.6 is 0 Å². The van der Waals surface area contributed by atoms with Crippen LogP contribution in [0.25, 0.3) is 0 Å². The summed E-state index contributed by atoms with van der Waals surface area (Å²) < 4.78 is 0. The summed E-state index contributed by atoms with van der Waals surface area (Å²) in [5.41, 5.74) is 6.56. The Labute approximate surface area is 73.1 Å². The predicted octanol–water partition coefficient (Wildman–Crippen LogP) is 1.25. The first-order valence-corrected chi connectivity index (χ1v) is 4.06. The van der Waals surface area contributed by atoms with E-state index >= 15 is 0 Å². The summed E-state index contributed by atoms with van der Waals surface area (Å²) in [6.45, 7) is 1.44. The molecule has 2 nitrogen and oxygen atoms in total. The lowest BCUT2D eigenvalue weighted by Gasteiger charge is -1.99. The summed E-state index contributed by atoms with van der Waals surface area (Å²) in [6.07, 6.45) is 3.77. The summed E-state index contributed by atoms with van der Waals surface area (Å²) >= 11 is 0. The van der Waals surface area contributed by atoms with Gasteiger partial charge in [-0.1, -0.05) is 36.4 Å². The molecule has 12 heavy (non-hydrogen) atoms. The second-order valence-electron chi connectivity index (χ2n) is 2.50. The molecule has 0 bridgehead atoms. The molecule has 0 aliphatic heterocycles. The minimum atomic E-state index is 0.585. The summed E-state index contributed by atoms with van der Waals surface area (Å²) in [6, 6.07) is 10.2. The third-order valence-electron chi connectivity index (χ3n) is 1.52. The Hall–Kier alpha value is -1.28. The van der Waals surface area contributed by atoms with Gasteiger partial charge in [0, 0.05) is 13.1 Å². The van der Waals surface area contributed by atoms with Crippen LogP contribution in [-0.4, -0.2) is 6.54 Å². The number of rotatable bonds is 4. The van der Waals surface area contributed by atoms with Crippen LogP contribution in [0.1, 0.15) is 5.56 Å². The molecule has 0 aliphatic rings. The van der Waals surface area contributed by atoms with E-state index in [0.717, 1.165) is 6.54 Å². The Balaban J connectivity index is 2.29. The first kappa shape index (κ1) is 8.81. The monoisotopic (exact) mass is 162 g/mol. The van der Waals surface area contributed by atoms with Gasteiger partial charge in [0.25, 0.3) is 0 Å². The van der Waals surface area contributed by atoms with E-state index in [-0.39, 0.29) is 0 Å². The van der Waals surface area contributed by atoms with Crippen molar-refractivity contribution in [2.75, 3.05) is 6.54 Å². The number of benzene rings is 1. The third-order valence-corrected chi connectivity index (χ3v) is 1.52. The van der Waals surface area contributed by atoms with Gasteiger partial charge in [0.15, 0.2) is 0 Å². The maximum Gasteiger partial charge on any atom is 0.0395 e. The molecule has 0 unspecified atom stereocenters. The van der Waals surface area contributed by atoms with Crippen LogP contribution in [0.15, 0.2) is 42.6 Å². The molecule has 2 heteroatoms. The molecule has 64 valence electrons. The summed E-state index contributed by atoms with van der Waals surface area (Å²) in [5.74, 6) is 0. The topological polar surface area (TPSA) is 38.0 Å². The van der Waals surface area contributed by atoms with Crippen molar-refractivity contribution in [1.29, 1.82) is 0 Å². The van der Waals surface area contributed by atoms with E-state index in [9.17, 15) is 0 Å². The van der Waals surface area contributed by atoms with E-state index in [1.165, 1.54) is 5.56 Å². The van der Waals surface area contributed by atoms with Gasteiger partial charge in [-0.15, -0.1) is 0 Å². The van der Waals surface area contributed by atoms with Crippen LogP contribution in [0.3, 0.4) is 0 Å². The highest BCUT2D eigenvalue weighted by atomic mass is 14.8. The van der Waals surface area contributed by atoms with Gasteiger partial charge in [0.05, 0.1) is 0 Å². The fourth-order valence-electron chi connectivity index (χ4n) is 0.924. The molecular weight excluding hydrogens is 148 g/mol. The summed E-state index contributed by atoms with van der Waals surface area (Å²) in [5, 5.41) is 3.14. The minimum absolute atomic E-state index is 0.585. The predicted molar refractivity (Wildman–Crippen MR) is 51.5 cm³/mol. The second-order valence-corrected chi connectivity index (χ2v) is 2.50. The smallest absolute Gasteiger partial charge is 0.0395 e. The highest BCUT2D eigenvalue weighted by Crippen LogP contribution is 1.96. The first-order valence-electron chi connectivity index (χ1n) is 4.06.